The molecule has 2 heterocycles. The molecular formula is C19H27N3O2. The molecule has 2 saturated heterocycles. The third-order valence-corrected chi connectivity index (χ3v) is 5.21. The van der Waals surface area contributed by atoms with Crippen LogP contribution < -0.4 is 4.90 Å². The molecule has 0 saturated carbocycles. The summed E-state index contributed by atoms with van der Waals surface area (Å²) in [7, 11) is 0. The van der Waals surface area contributed by atoms with E-state index in [2.05, 4.69) is 36.1 Å². The largest absolute Gasteiger partial charge is 0.369 e. The van der Waals surface area contributed by atoms with Gasteiger partial charge in [-0.15, -0.1) is 0 Å². The molecule has 2 amide bonds. The van der Waals surface area contributed by atoms with Gasteiger partial charge in [-0.3, -0.25) is 9.59 Å². The monoisotopic (exact) mass is 329 g/mol. The Labute approximate surface area is 144 Å². The van der Waals surface area contributed by atoms with E-state index in [-0.39, 0.29) is 17.7 Å². The van der Waals surface area contributed by atoms with Gasteiger partial charge in [0.05, 0.1) is 5.92 Å². The molecule has 0 aromatic heterocycles. The van der Waals surface area contributed by atoms with Gasteiger partial charge in [0.2, 0.25) is 11.8 Å². The van der Waals surface area contributed by atoms with Crippen LogP contribution >= 0.6 is 0 Å². The van der Waals surface area contributed by atoms with Crippen molar-refractivity contribution in [3.8, 4) is 0 Å². The lowest BCUT2D eigenvalue weighted by molar-refractivity contribution is -0.135. The zero-order valence-corrected chi connectivity index (χ0v) is 14.7. The highest BCUT2D eigenvalue weighted by atomic mass is 16.2. The Bertz CT molecular complexity index is 616. The fourth-order valence-electron chi connectivity index (χ4n) is 3.80. The van der Waals surface area contributed by atoms with E-state index in [1.165, 1.54) is 11.3 Å². The van der Waals surface area contributed by atoms with Gasteiger partial charge in [0.25, 0.3) is 0 Å². The second-order valence-corrected chi connectivity index (χ2v) is 6.79. The quantitative estimate of drug-likeness (QED) is 0.851. The summed E-state index contributed by atoms with van der Waals surface area (Å²) in [5.74, 6) is 0.126. The van der Waals surface area contributed by atoms with Crippen LogP contribution in [0, 0.1) is 12.8 Å². The number of likely N-dealkylation sites (tertiary alicyclic amines) is 1. The molecule has 130 valence electrons. The number of aryl methyl sites for hydroxylation is 1. The Balaban J connectivity index is 1.62. The van der Waals surface area contributed by atoms with Gasteiger partial charge < -0.3 is 14.7 Å². The van der Waals surface area contributed by atoms with Crippen LogP contribution in [-0.4, -0.2) is 60.9 Å². The molecule has 0 spiro atoms. The maximum atomic E-state index is 12.8. The summed E-state index contributed by atoms with van der Waals surface area (Å²) in [6.07, 6.45) is 1.35. The number of hydrogen-bond acceptors (Lipinski definition) is 3. The van der Waals surface area contributed by atoms with Crippen LogP contribution in [0.5, 0.6) is 0 Å². The highest BCUT2D eigenvalue weighted by molar-refractivity contribution is 5.89. The minimum absolute atomic E-state index is 0.118. The summed E-state index contributed by atoms with van der Waals surface area (Å²) in [6, 6.07) is 8.41. The molecular weight excluding hydrogens is 302 g/mol. The molecule has 1 unspecified atom stereocenters. The van der Waals surface area contributed by atoms with Crippen molar-refractivity contribution in [2.45, 2.75) is 26.7 Å². The third kappa shape index (κ3) is 3.40. The number of anilines is 1. The maximum absolute atomic E-state index is 12.8. The normalized spacial score (nSPS) is 22.0. The van der Waals surface area contributed by atoms with E-state index < -0.39 is 0 Å². The molecule has 2 fully saturated rings. The van der Waals surface area contributed by atoms with Gasteiger partial charge in [-0.25, -0.2) is 0 Å². The Morgan fingerprint density at radius 2 is 1.96 bits per heavy atom. The van der Waals surface area contributed by atoms with Crippen LogP contribution in [0.15, 0.2) is 24.3 Å². The molecule has 5 nitrogen and oxygen atoms in total. The first-order valence-electron chi connectivity index (χ1n) is 8.97. The maximum Gasteiger partial charge on any atom is 0.228 e. The fraction of sp³-hybridized carbons (Fsp3) is 0.579. The molecule has 24 heavy (non-hydrogen) atoms. The van der Waals surface area contributed by atoms with E-state index in [4.69, 9.17) is 0 Å². The summed E-state index contributed by atoms with van der Waals surface area (Å²) in [4.78, 5) is 30.8. The van der Waals surface area contributed by atoms with Crippen LogP contribution in [0.3, 0.4) is 0 Å². The second kappa shape index (κ2) is 7.24. The molecule has 0 radical (unpaired) electrons. The number of amides is 2. The number of para-hydroxylation sites is 1. The van der Waals surface area contributed by atoms with E-state index in [0.29, 0.717) is 19.5 Å². The van der Waals surface area contributed by atoms with Crippen molar-refractivity contribution in [2.75, 3.05) is 44.2 Å². The first-order chi connectivity index (χ1) is 11.6. The summed E-state index contributed by atoms with van der Waals surface area (Å²) < 4.78 is 0. The molecule has 1 atom stereocenters. The standard InChI is InChI=1S/C19H27N3O2/c1-3-20-14-16(13-18(20)23)19(24)22-10-6-9-21(11-12-22)17-8-5-4-7-15(17)2/h4-5,7-8,16H,3,6,9-14H2,1-2H3. The number of carbonyl (C=O) groups excluding carboxylic acids is 2. The smallest absolute Gasteiger partial charge is 0.228 e. The van der Waals surface area contributed by atoms with Gasteiger partial charge in [0, 0.05) is 51.4 Å². The van der Waals surface area contributed by atoms with Crippen molar-refractivity contribution in [3.05, 3.63) is 29.8 Å². The minimum Gasteiger partial charge on any atom is -0.369 e. The summed E-state index contributed by atoms with van der Waals surface area (Å²) in [5, 5.41) is 0. The van der Waals surface area contributed by atoms with Gasteiger partial charge in [-0.1, -0.05) is 18.2 Å². The molecule has 2 aliphatic rings. The predicted octanol–water partition coefficient (Wildman–Crippen LogP) is 1.90. The van der Waals surface area contributed by atoms with Crippen LogP contribution in [0.2, 0.25) is 0 Å². The van der Waals surface area contributed by atoms with Crippen molar-refractivity contribution < 1.29 is 9.59 Å². The molecule has 0 aliphatic carbocycles. The van der Waals surface area contributed by atoms with Crippen molar-refractivity contribution >= 4 is 17.5 Å². The average molecular weight is 329 g/mol. The lowest BCUT2D eigenvalue weighted by atomic mass is 10.1. The zero-order chi connectivity index (χ0) is 17.1. The summed E-state index contributed by atoms with van der Waals surface area (Å²) in [6.45, 7) is 8.75. The fourth-order valence-corrected chi connectivity index (χ4v) is 3.80. The van der Waals surface area contributed by atoms with Crippen molar-refractivity contribution in [1.29, 1.82) is 0 Å². The summed E-state index contributed by atoms with van der Waals surface area (Å²) in [5.41, 5.74) is 2.54. The molecule has 0 N–H and O–H groups in total. The first kappa shape index (κ1) is 16.8. The van der Waals surface area contributed by atoms with Crippen molar-refractivity contribution in [2.24, 2.45) is 5.92 Å². The SMILES string of the molecule is CCN1CC(C(=O)N2CCCN(c3ccccc3C)CC2)CC1=O. The topological polar surface area (TPSA) is 43.9 Å². The Morgan fingerprint density at radius 1 is 1.17 bits per heavy atom. The lowest BCUT2D eigenvalue weighted by Gasteiger charge is -2.26. The average Bonchev–Trinajstić information content (AvgIpc) is 2.80. The summed E-state index contributed by atoms with van der Waals surface area (Å²) >= 11 is 0. The van der Waals surface area contributed by atoms with E-state index in [1.807, 2.05) is 11.8 Å². The van der Waals surface area contributed by atoms with Crippen LogP contribution in [0.4, 0.5) is 5.69 Å². The molecule has 0 bridgehead atoms. The van der Waals surface area contributed by atoms with E-state index in [9.17, 15) is 9.59 Å². The second-order valence-electron chi connectivity index (χ2n) is 6.79. The number of nitrogens with zero attached hydrogens (tertiary/aromatic N) is 3. The zero-order valence-electron chi connectivity index (χ0n) is 14.7. The van der Waals surface area contributed by atoms with Gasteiger partial charge in [-0.2, -0.15) is 0 Å². The van der Waals surface area contributed by atoms with E-state index in [0.717, 1.165) is 32.6 Å². The Morgan fingerprint density at radius 3 is 2.67 bits per heavy atom. The number of benzene rings is 1. The number of rotatable bonds is 3. The van der Waals surface area contributed by atoms with Crippen LogP contribution in [-0.2, 0) is 9.59 Å². The Hall–Kier alpha value is -2.04. The minimum atomic E-state index is -0.150. The van der Waals surface area contributed by atoms with Gasteiger partial charge in [0.1, 0.15) is 0 Å². The van der Waals surface area contributed by atoms with Crippen LogP contribution in [0.25, 0.3) is 0 Å². The highest BCUT2D eigenvalue weighted by Gasteiger charge is 2.36. The Kier molecular flexibility index (Phi) is 5.07. The lowest BCUT2D eigenvalue weighted by Crippen LogP contribution is -2.40. The molecule has 3 rings (SSSR count). The highest BCUT2D eigenvalue weighted by Crippen LogP contribution is 2.23. The van der Waals surface area contributed by atoms with Crippen molar-refractivity contribution in [1.82, 2.24) is 9.80 Å². The first-order valence-corrected chi connectivity index (χ1v) is 8.97. The van der Waals surface area contributed by atoms with Gasteiger partial charge in [-0.05, 0) is 31.9 Å². The number of carbonyl (C=O) groups is 2. The molecule has 5 heteroatoms. The molecule has 2 aliphatic heterocycles. The van der Waals surface area contributed by atoms with Crippen molar-refractivity contribution in [3.63, 3.8) is 0 Å². The van der Waals surface area contributed by atoms with Gasteiger partial charge >= 0.3 is 0 Å². The molecule has 1 aromatic carbocycles. The predicted molar refractivity (Wildman–Crippen MR) is 95.0 cm³/mol. The van der Waals surface area contributed by atoms with Crippen LogP contribution in [0.1, 0.15) is 25.3 Å². The van der Waals surface area contributed by atoms with E-state index in [1.54, 1.807) is 4.90 Å². The molecule has 1 aromatic rings. The van der Waals surface area contributed by atoms with E-state index >= 15 is 0 Å². The third-order valence-electron chi connectivity index (χ3n) is 5.21. The number of hydrogen-bond donors (Lipinski definition) is 0. The van der Waals surface area contributed by atoms with Gasteiger partial charge in [0.15, 0.2) is 0 Å².